The van der Waals surface area contributed by atoms with Crippen molar-refractivity contribution in [3.05, 3.63) is 0 Å². The van der Waals surface area contributed by atoms with E-state index in [2.05, 4.69) is 10.6 Å². The first-order chi connectivity index (χ1) is 12.2. The molecule has 0 saturated heterocycles. The third-order valence-electron chi connectivity index (χ3n) is 4.38. The summed E-state index contributed by atoms with van der Waals surface area (Å²) in [5.74, 6) is -0.783. The summed E-state index contributed by atoms with van der Waals surface area (Å²) in [6.45, 7) is 9.93. The molecule has 0 heterocycles. The first-order valence-electron chi connectivity index (χ1n) is 9.74. The fourth-order valence-electron chi connectivity index (χ4n) is 3.47. The highest BCUT2D eigenvalue weighted by molar-refractivity contribution is 5.82. The molecule has 1 aliphatic rings. The Morgan fingerprint density at radius 3 is 1.92 bits per heavy atom. The predicted octanol–water partition coefficient (Wildman–Crippen LogP) is 1.46. The van der Waals surface area contributed by atoms with Gasteiger partial charge in [-0.05, 0) is 47.5 Å². The Morgan fingerprint density at radius 2 is 1.46 bits per heavy atom. The summed E-state index contributed by atoms with van der Waals surface area (Å²) < 4.78 is 5.23. The van der Waals surface area contributed by atoms with E-state index in [0.717, 1.165) is 25.7 Å². The van der Waals surface area contributed by atoms with Crippen LogP contribution in [0.5, 0.6) is 0 Å². The molecule has 0 bridgehead atoms. The van der Waals surface area contributed by atoms with E-state index in [4.69, 9.17) is 4.74 Å². The molecule has 1 fully saturated rings. The van der Waals surface area contributed by atoms with Crippen LogP contribution in [0.15, 0.2) is 0 Å². The Kier molecular flexibility index (Phi) is 9.62. The zero-order valence-electron chi connectivity index (χ0n) is 16.8. The fourth-order valence-corrected chi connectivity index (χ4v) is 3.47. The summed E-state index contributed by atoms with van der Waals surface area (Å²) >= 11 is 0. The van der Waals surface area contributed by atoms with E-state index in [1.54, 1.807) is 6.92 Å². The molecule has 0 spiro atoms. The van der Waals surface area contributed by atoms with Crippen LogP contribution in [0.4, 0.5) is 0 Å². The SMILES string of the molecule is CCOC(=O)C1CCCCC1N(CC(=O)NC(C)C)CC(=O)NC(C)C. The van der Waals surface area contributed by atoms with Crippen LogP contribution in [0.25, 0.3) is 0 Å². The van der Waals surface area contributed by atoms with E-state index in [-0.39, 0.29) is 54.9 Å². The normalized spacial score (nSPS) is 20.3. The van der Waals surface area contributed by atoms with Crippen molar-refractivity contribution in [2.45, 2.75) is 78.4 Å². The second-order valence-corrected chi connectivity index (χ2v) is 7.56. The van der Waals surface area contributed by atoms with E-state index in [9.17, 15) is 14.4 Å². The van der Waals surface area contributed by atoms with Gasteiger partial charge in [-0.3, -0.25) is 19.3 Å². The second-order valence-electron chi connectivity index (χ2n) is 7.56. The molecule has 2 unspecified atom stereocenters. The highest BCUT2D eigenvalue weighted by Gasteiger charge is 2.37. The van der Waals surface area contributed by atoms with Gasteiger partial charge in [-0.2, -0.15) is 0 Å². The average molecular weight is 370 g/mol. The van der Waals surface area contributed by atoms with Crippen molar-refractivity contribution in [3.8, 4) is 0 Å². The topological polar surface area (TPSA) is 87.7 Å². The van der Waals surface area contributed by atoms with Gasteiger partial charge >= 0.3 is 5.97 Å². The van der Waals surface area contributed by atoms with Gasteiger partial charge in [0.05, 0.1) is 25.6 Å². The molecule has 1 saturated carbocycles. The van der Waals surface area contributed by atoms with Crippen molar-refractivity contribution in [2.75, 3.05) is 19.7 Å². The number of nitrogens with zero attached hydrogens (tertiary/aromatic N) is 1. The molecule has 0 aromatic carbocycles. The summed E-state index contributed by atoms with van der Waals surface area (Å²) in [5, 5.41) is 5.73. The number of hydrogen-bond donors (Lipinski definition) is 2. The molecule has 0 radical (unpaired) electrons. The first-order valence-corrected chi connectivity index (χ1v) is 9.74. The van der Waals surface area contributed by atoms with Crippen LogP contribution in [0, 0.1) is 5.92 Å². The lowest BCUT2D eigenvalue weighted by Crippen LogP contribution is -2.53. The van der Waals surface area contributed by atoms with Crippen LogP contribution in [-0.2, 0) is 19.1 Å². The molecule has 1 rings (SSSR count). The van der Waals surface area contributed by atoms with E-state index in [0.29, 0.717) is 6.61 Å². The number of rotatable bonds is 9. The molecule has 2 N–H and O–H groups in total. The highest BCUT2D eigenvalue weighted by atomic mass is 16.5. The monoisotopic (exact) mass is 369 g/mol. The van der Waals surface area contributed by atoms with Gasteiger partial charge in [0.25, 0.3) is 0 Å². The summed E-state index contributed by atoms with van der Waals surface area (Å²) in [7, 11) is 0. The summed E-state index contributed by atoms with van der Waals surface area (Å²) in [6, 6.07) is -0.0966. The highest BCUT2D eigenvalue weighted by Crippen LogP contribution is 2.29. The number of esters is 1. The number of carbonyl (C=O) groups excluding carboxylic acids is 3. The maximum atomic E-state index is 12.4. The van der Waals surface area contributed by atoms with Crippen LogP contribution in [-0.4, -0.2) is 60.5 Å². The van der Waals surface area contributed by atoms with Crippen molar-refractivity contribution in [1.29, 1.82) is 0 Å². The lowest BCUT2D eigenvalue weighted by Gasteiger charge is -2.38. The Morgan fingerprint density at radius 1 is 0.962 bits per heavy atom. The van der Waals surface area contributed by atoms with Crippen LogP contribution in [0.2, 0.25) is 0 Å². The van der Waals surface area contributed by atoms with Crippen LogP contribution in [0.3, 0.4) is 0 Å². The number of carbonyl (C=O) groups is 3. The lowest BCUT2D eigenvalue weighted by atomic mass is 9.83. The summed E-state index contributed by atoms with van der Waals surface area (Å²) in [4.78, 5) is 38.9. The summed E-state index contributed by atoms with van der Waals surface area (Å²) in [5.41, 5.74) is 0. The van der Waals surface area contributed by atoms with Crippen molar-refractivity contribution >= 4 is 17.8 Å². The first kappa shape index (κ1) is 22.4. The van der Waals surface area contributed by atoms with E-state index >= 15 is 0 Å². The van der Waals surface area contributed by atoms with Gasteiger partial charge in [0.2, 0.25) is 11.8 Å². The van der Waals surface area contributed by atoms with Gasteiger partial charge in [0.15, 0.2) is 0 Å². The molecule has 7 heteroatoms. The minimum absolute atomic E-state index is 0.0288. The van der Waals surface area contributed by atoms with E-state index in [1.807, 2.05) is 32.6 Å². The molecular formula is C19H35N3O4. The zero-order chi connectivity index (χ0) is 19.7. The zero-order valence-corrected chi connectivity index (χ0v) is 16.8. The molecule has 2 amide bonds. The Labute approximate surface area is 157 Å². The van der Waals surface area contributed by atoms with Gasteiger partial charge in [-0.25, -0.2) is 0 Å². The molecule has 0 aromatic rings. The fraction of sp³-hybridized carbons (Fsp3) is 0.842. The molecule has 150 valence electrons. The van der Waals surface area contributed by atoms with Gasteiger partial charge in [-0.15, -0.1) is 0 Å². The van der Waals surface area contributed by atoms with Crippen molar-refractivity contribution < 1.29 is 19.1 Å². The Bertz CT molecular complexity index is 455. The number of ether oxygens (including phenoxy) is 1. The van der Waals surface area contributed by atoms with Gasteiger partial charge < -0.3 is 15.4 Å². The quantitative estimate of drug-likeness (QED) is 0.601. The van der Waals surface area contributed by atoms with E-state index in [1.165, 1.54) is 0 Å². The molecule has 1 aliphatic carbocycles. The molecule has 2 atom stereocenters. The Balaban J connectivity index is 2.93. The largest absolute Gasteiger partial charge is 0.466 e. The third-order valence-corrected chi connectivity index (χ3v) is 4.38. The molecule has 0 aromatic heterocycles. The van der Waals surface area contributed by atoms with Crippen LogP contribution < -0.4 is 10.6 Å². The number of nitrogens with one attached hydrogen (secondary N) is 2. The van der Waals surface area contributed by atoms with Crippen molar-refractivity contribution in [1.82, 2.24) is 15.5 Å². The molecule has 26 heavy (non-hydrogen) atoms. The van der Waals surface area contributed by atoms with Gasteiger partial charge in [-0.1, -0.05) is 12.8 Å². The second kappa shape index (κ2) is 11.2. The minimum Gasteiger partial charge on any atom is -0.466 e. The third kappa shape index (κ3) is 7.72. The lowest BCUT2D eigenvalue weighted by molar-refractivity contribution is -0.153. The predicted molar refractivity (Wildman–Crippen MR) is 101 cm³/mol. The van der Waals surface area contributed by atoms with Crippen LogP contribution >= 0.6 is 0 Å². The summed E-state index contributed by atoms with van der Waals surface area (Å²) in [6.07, 6.45) is 3.46. The number of amides is 2. The average Bonchev–Trinajstić information content (AvgIpc) is 2.53. The smallest absolute Gasteiger partial charge is 0.310 e. The maximum Gasteiger partial charge on any atom is 0.310 e. The Hall–Kier alpha value is -1.63. The number of hydrogen-bond acceptors (Lipinski definition) is 5. The van der Waals surface area contributed by atoms with Gasteiger partial charge in [0.1, 0.15) is 0 Å². The maximum absolute atomic E-state index is 12.4. The molecular weight excluding hydrogens is 334 g/mol. The van der Waals surface area contributed by atoms with E-state index < -0.39 is 0 Å². The van der Waals surface area contributed by atoms with Gasteiger partial charge in [0, 0.05) is 18.1 Å². The van der Waals surface area contributed by atoms with Crippen LogP contribution in [0.1, 0.15) is 60.3 Å². The minimum atomic E-state index is -0.289. The molecule has 7 nitrogen and oxygen atoms in total. The molecule has 0 aliphatic heterocycles. The van der Waals surface area contributed by atoms with Crippen molar-refractivity contribution in [2.24, 2.45) is 5.92 Å². The van der Waals surface area contributed by atoms with Crippen molar-refractivity contribution in [3.63, 3.8) is 0 Å². The standard InChI is InChI=1S/C19H35N3O4/c1-6-26-19(25)15-9-7-8-10-16(15)22(11-17(23)20-13(2)3)12-18(24)21-14(4)5/h13-16H,6-12H2,1-5H3,(H,20,23)(H,21,24).